The maximum absolute atomic E-state index is 12.5. The minimum atomic E-state index is -2.89. The van der Waals surface area contributed by atoms with Gasteiger partial charge in [-0.15, -0.1) is 0 Å². The molecular formula is C19H20ClF2NO3. The van der Waals surface area contributed by atoms with Crippen molar-refractivity contribution >= 4 is 11.6 Å². The number of benzene rings is 2. The largest absolute Gasteiger partial charge is 0.492 e. The van der Waals surface area contributed by atoms with Gasteiger partial charge in [-0.3, -0.25) is 0 Å². The topological polar surface area (TPSA) is 39.7 Å². The first-order chi connectivity index (χ1) is 12.6. The molecule has 0 saturated carbocycles. The van der Waals surface area contributed by atoms with E-state index in [1.54, 1.807) is 25.1 Å². The molecule has 1 aliphatic heterocycles. The number of rotatable bonds is 7. The zero-order chi connectivity index (χ0) is 18.5. The van der Waals surface area contributed by atoms with Crippen LogP contribution >= 0.6 is 11.6 Å². The molecule has 3 rings (SSSR count). The molecule has 0 fully saturated rings. The minimum absolute atomic E-state index is 0.0359. The van der Waals surface area contributed by atoms with Crippen molar-refractivity contribution in [3.63, 3.8) is 0 Å². The van der Waals surface area contributed by atoms with Crippen LogP contribution in [0, 0.1) is 0 Å². The molecule has 0 aromatic heterocycles. The Morgan fingerprint density at radius 3 is 2.88 bits per heavy atom. The van der Waals surface area contributed by atoms with Crippen LogP contribution in [0.2, 0.25) is 5.02 Å². The van der Waals surface area contributed by atoms with Crippen LogP contribution in [-0.4, -0.2) is 19.8 Å². The maximum atomic E-state index is 12.5. The molecule has 1 aliphatic rings. The van der Waals surface area contributed by atoms with Crippen LogP contribution in [-0.2, 0) is 6.54 Å². The lowest BCUT2D eigenvalue weighted by molar-refractivity contribution is -0.0514. The van der Waals surface area contributed by atoms with Crippen molar-refractivity contribution < 1.29 is 23.0 Å². The van der Waals surface area contributed by atoms with Gasteiger partial charge >= 0.3 is 6.61 Å². The molecule has 4 nitrogen and oxygen atoms in total. The van der Waals surface area contributed by atoms with E-state index < -0.39 is 6.61 Å². The van der Waals surface area contributed by atoms with Crippen LogP contribution in [0.3, 0.4) is 0 Å². The fourth-order valence-corrected chi connectivity index (χ4v) is 3.20. The molecule has 1 heterocycles. The number of fused-ring (bicyclic) bond motifs is 1. The van der Waals surface area contributed by atoms with Crippen LogP contribution in [0.15, 0.2) is 36.4 Å². The van der Waals surface area contributed by atoms with E-state index in [0.717, 1.165) is 17.5 Å². The van der Waals surface area contributed by atoms with Gasteiger partial charge in [-0.1, -0.05) is 29.8 Å². The molecule has 0 amide bonds. The Hall–Kier alpha value is -2.05. The number of ether oxygens (including phenoxy) is 3. The highest BCUT2D eigenvalue weighted by Crippen LogP contribution is 2.37. The Morgan fingerprint density at radius 1 is 1.27 bits per heavy atom. The fraction of sp³-hybridized carbons (Fsp3) is 0.368. The van der Waals surface area contributed by atoms with Gasteiger partial charge in [0.1, 0.15) is 5.75 Å². The molecule has 0 radical (unpaired) electrons. The van der Waals surface area contributed by atoms with Gasteiger partial charge in [0, 0.05) is 24.6 Å². The summed E-state index contributed by atoms with van der Waals surface area (Å²) in [6.07, 6.45) is 0.818. The average Bonchev–Trinajstić information content (AvgIpc) is 2.62. The summed E-state index contributed by atoms with van der Waals surface area (Å²) in [4.78, 5) is 0. The Bertz CT molecular complexity index is 758. The van der Waals surface area contributed by atoms with Crippen molar-refractivity contribution in [2.24, 2.45) is 0 Å². The molecule has 0 saturated heterocycles. The summed E-state index contributed by atoms with van der Waals surface area (Å²) in [5.41, 5.74) is 1.93. The summed E-state index contributed by atoms with van der Waals surface area (Å²) in [7, 11) is 0. The lowest BCUT2D eigenvalue weighted by Crippen LogP contribution is -2.26. The average molecular weight is 384 g/mol. The summed E-state index contributed by atoms with van der Waals surface area (Å²) in [6, 6.07) is 10.8. The SMILES string of the molecule is CCOc1cc(CNC2CCOc3c(Cl)cccc32)ccc1OC(F)F. The van der Waals surface area contributed by atoms with Crippen LogP contribution in [0.1, 0.15) is 30.5 Å². The minimum Gasteiger partial charge on any atom is -0.492 e. The Kier molecular flexibility index (Phi) is 6.16. The summed E-state index contributed by atoms with van der Waals surface area (Å²) < 4.78 is 40.6. The third-order valence-corrected chi connectivity index (χ3v) is 4.40. The molecule has 140 valence electrons. The summed E-state index contributed by atoms with van der Waals surface area (Å²) in [5, 5.41) is 4.07. The first-order valence-electron chi connectivity index (χ1n) is 8.43. The van der Waals surface area contributed by atoms with E-state index in [-0.39, 0.29) is 11.8 Å². The predicted molar refractivity (Wildman–Crippen MR) is 95.4 cm³/mol. The van der Waals surface area contributed by atoms with Crippen LogP contribution in [0.4, 0.5) is 8.78 Å². The van der Waals surface area contributed by atoms with E-state index in [0.29, 0.717) is 36.3 Å². The normalized spacial score (nSPS) is 16.1. The predicted octanol–water partition coefficient (Wildman–Crippen LogP) is 4.95. The Labute approximate surface area is 156 Å². The highest BCUT2D eigenvalue weighted by Gasteiger charge is 2.23. The summed E-state index contributed by atoms with van der Waals surface area (Å²) >= 11 is 6.19. The van der Waals surface area contributed by atoms with Gasteiger partial charge in [-0.2, -0.15) is 8.78 Å². The smallest absolute Gasteiger partial charge is 0.387 e. The van der Waals surface area contributed by atoms with Crippen molar-refractivity contribution in [2.45, 2.75) is 32.5 Å². The third-order valence-electron chi connectivity index (χ3n) is 4.10. The van der Waals surface area contributed by atoms with E-state index in [4.69, 9.17) is 21.1 Å². The van der Waals surface area contributed by atoms with Crippen molar-refractivity contribution in [1.29, 1.82) is 0 Å². The van der Waals surface area contributed by atoms with Gasteiger partial charge in [0.15, 0.2) is 11.5 Å². The molecule has 1 N–H and O–H groups in total. The van der Waals surface area contributed by atoms with Crippen LogP contribution in [0.25, 0.3) is 0 Å². The van der Waals surface area contributed by atoms with Gasteiger partial charge in [0.05, 0.1) is 18.2 Å². The molecule has 2 aromatic carbocycles. The van der Waals surface area contributed by atoms with Crippen molar-refractivity contribution in [2.75, 3.05) is 13.2 Å². The second-order valence-electron chi connectivity index (χ2n) is 5.82. The van der Waals surface area contributed by atoms with E-state index >= 15 is 0 Å². The number of alkyl halides is 2. The second-order valence-corrected chi connectivity index (χ2v) is 6.23. The number of nitrogens with one attached hydrogen (secondary N) is 1. The Morgan fingerprint density at radius 2 is 2.12 bits per heavy atom. The van der Waals surface area contributed by atoms with Gasteiger partial charge in [-0.25, -0.2) is 0 Å². The zero-order valence-corrected chi connectivity index (χ0v) is 15.1. The highest BCUT2D eigenvalue weighted by atomic mass is 35.5. The first kappa shape index (κ1) is 18.7. The fourth-order valence-electron chi connectivity index (χ4n) is 2.96. The maximum Gasteiger partial charge on any atom is 0.387 e. The van der Waals surface area contributed by atoms with Crippen LogP contribution in [0.5, 0.6) is 17.2 Å². The molecule has 2 aromatic rings. The van der Waals surface area contributed by atoms with Crippen molar-refractivity contribution in [3.8, 4) is 17.2 Å². The first-order valence-corrected chi connectivity index (χ1v) is 8.81. The van der Waals surface area contributed by atoms with Crippen molar-refractivity contribution in [3.05, 3.63) is 52.5 Å². The standard InChI is InChI=1S/C19H20ClF2NO3/c1-2-24-17-10-12(6-7-16(17)26-19(21)22)11-23-15-8-9-25-18-13(15)4-3-5-14(18)20/h3-7,10,15,19,23H,2,8-9,11H2,1H3. The molecule has 0 spiro atoms. The quantitative estimate of drug-likeness (QED) is 0.734. The van der Waals surface area contributed by atoms with E-state index in [9.17, 15) is 8.78 Å². The summed E-state index contributed by atoms with van der Waals surface area (Å²) in [6.45, 7) is 0.398. The Balaban J connectivity index is 1.72. The lowest BCUT2D eigenvalue weighted by atomic mass is 10.00. The lowest BCUT2D eigenvalue weighted by Gasteiger charge is -2.27. The molecular weight excluding hydrogens is 364 g/mol. The van der Waals surface area contributed by atoms with Gasteiger partial charge in [0.25, 0.3) is 0 Å². The molecule has 1 atom stereocenters. The number of halogens is 3. The van der Waals surface area contributed by atoms with Gasteiger partial charge in [-0.05, 0) is 30.7 Å². The number of hydrogen-bond donors (Lipinski definition) is 1. The molecule has 1 unspecified atom stereocenters. The van der Waals surface area contributed by atoms with Gasteiger partial charge in [0.2, 0.25) is 0 Å². The van der Waals surface area contributed by atoms with E-state index in [1.807, 2.05) is 12.1 Å². The second kappa shape index (κ2) is 8.56. The molecule has 26 heavy (non-hydrogen) atoms. The zero-order valence-electron chi connectivity index (χ0n) is 14.3. The summed E-state index contributed by atoms with van der Waals surface area (Å²) in [5.74, 6) is 1.06. The molecule has 7 heteroatoms. The molecule has 0 bridgehead atoms. The van der Waals surface area contributed by atoms with Crippen molar-refractivity contribution in [1.82, 2.24) is 5.32 Å². The van der Waals surface area contributed by atoms with Gasteiger partial charge < -0.3 is 19.5 Å². The third kappa shape index (κ3) is 4.37. The van der Waals surface area contributed by atoms with Crippen LogP contribution < -0.4 is 19.5 Å². The number of para-hydroxylation sites is 1. The van der Waals surface area contributed by atoms with E-state index in [2.05, 4.69) is 10.1 Å². The molecule has 0 aliphatic carbocycles. The van der Waals surface area contributed by atoms with E-state index in [1.165, 1.54) is 6.07 Å². The monoisotopic (exact) mass is 383 g/mol. The number of hydrogen-bond acceptors (Lipinski definition) is 4. The highest BCUT2D eigenvalue weighted by molar-refractivity contribution is 6.32.